The molecule has 6 nitrogen and oxygen atoms in total. The van der Waals surface area contributed by atoms with E-state index in [0.29, 0.717) is 40.9 Å². The topological polar surface area (TPSA) is 67.7 Å². The quantitative estimate of drug-likeness (QED) is 0.452. The second-order valence-electron chi connectivity index (χ2n) is 8.98. The molecule has 176 valence electrons. The van der Waals surface area contributed by atoms with Crippen molar-refractivity contribution in [1.29, 1.82) is 5.26 Å². The minimum Gasteiger partial charge on any atom is -0.310 e. The number of nitriles is 1. The van der Waals surface area contributed by atoms with Gasteiger partial charge in [0.1, 0.15) is 5.54 Å². The van der Waals surface area contributed by atoms with Crippen LogP contribution in [-0.2, 0) is 11.3 Å². The zero-order valence-corrected chi connectivity index (χ0v) is 20.5. The summed E-state index contributed by atoms with van der Waals surface area (Å²) in [4.78, 5) is 32.6. The van der Waals surface area contributed by atoms with Crippen LogP contribution in [0.3, 0.4) is 0 Å². The largest absolute Gasteiger partial charge is 0.332 e. The van der Waals surface area contributed by atoms with Crippen LogP contribution in [0.15, 0.2) is 72.8 Å². The highest BCUT2D eigenvalue weighted by atomic mass is 35.5. The fourth-order valence-electron chi connectivity index (χ4n) is 5.26. The maximum Gasteiger partial charge on any atom is 0.332 e. The van der Waals surface area contributed by atoms with Crippen LogP contribution in [0.4, 0.5) is 10.5 Å². The monoisotopic (exact) mass is 504 g/mol. The number of imide groups is 1. The summed E-state index contributed by atoms with van der Waals surface area (Å²) in [6.45, 7) is 1.60. The van der Waals surface area contributed by atoms with Gasteiger partial charge in [-0.15, -0.1) is 0 Å². The van der Waals surface area contributed by atoms with Gasteiger partial charge in [-0.25, -0.2) is 9.69 Å². The number of halogens is 2. The number of carbonyl (C=O) groups is 2. The average molecular weight is 505 g/mol. The summed E-state index contributed by atoms with van der Waals surface area (Å²) < 4.78 is 0. The van der Waals surface area contributed by atoms with E-state index in [2.05, 4.69) is 11.0 Å². The van der Waals surface area contributed by atoms with Gasteiger partial charge in [0.25, 0.3) is 5.91 Å². The van der Waals surface area contributed by atoms with Crippen molar-refractivity contribution in [2.75, 3.05) is 25.0 Å². The molecule has 2 heterocycles. The lowest BCUT2D eigenvalue weighted by molar-refractivity contribution is -0.124. The molecule has 0 saturated carbocycles. The van der Waals surface area contributed by atoms with Crippen LogP contribution in [0, 0.1) is 11.3 Å². The van der Waals surface area contributed by atoms with Crippen molar-refractivity contribution in [3.8, 4) is 6.07 Å². The molecule has 2 fully saturated rings. The Bertz CT molecular complexity index is 1320. The van der Waals surface area contributed by atoms with Crippen LogP contribution in [0.25, 0.3) is 0 Å². The van der Waals surface area contributed by atoms with Crippen molar-refractivity contribution in [2.45, 2.75) is 18.0 Å². The number of anilines is 1. The minimum absolute atomic E-state index is 0.292. The summed E-state index contributed by atoms with van der Waals surface area (Å²) in [5, 5.41) is 9.93. The van der Waals surface area contributed by atoms with Crippen LogP contribution in [-0.4, -0.2) is 47.4 Å². The van der Waals surface area contributed by atoms with Gasteiger partial charge in [-0.1, -0.05) is 65.7 Å². The Morgan fingerprint density at radius 1 is 1.00 bits per heavy atom. The summed E-state index contributed by atoms with van der Waals surface area (Å²) in [6, 6.07) is 23.7. The van der Waals surface area contributed by atoms with E-state index in [1.54, 1.807) is 42.3 Å². The number of hydrogen-bond acceptors (Lipinski definition) is 4. The third kappa shape index (κ3) is 3.96. The molecule has 3 amide bonds. The maximum absolute atomic E-state index is 14.2. The second-order valence-corrected chi connectivity index (χ2v) is 9.85. The number of likely N-dealkylation sites (N-methyl/N-ethyl adjacent to an activating group) is 1. The highest BCUT2D eigenvalue weighted by molar-refractivity contribution is 6.35. The van der Waals surface area contributed by atoms with Crippen molar-refractivity contribution in [1.82, 2.24) is 9.80 Å². The second kappa shape index (κ2) is 9.01. The van der Waals surface area contributed by atoms with Gasteiger partial charge in [0.05, 0.1) is 17.3 Å². The Morgan fingerprint density at radius 3 is 2.29 bits per heavy atom. The molecule has 2 atom stereocenters. The van der Waals surface area contributed by atoms with Gasteiger partial charge in [-0.3, -0.25) is 9.69 Å². The molecule has 0 unspecified atom stereocenters. The van der Waals surface area contributed by atoms with Crippen LogP contribution >= 0.6 is 23.2 Å². The summed E-state index contributed by atoms with van der Waals surface area (Å²) >= 11 is 12.4. The SMILES string of the molecule is CN1C(=O)N(c2cc(Cl)cc(Cl)c2)C(=O)[C@]12CN(Cc1ccccc1)C[C@@H]2c1ccc(C#N)cc1. The molecule has 2 aliphatic rings. The van der Waals surface area contributed by atoms with Gasteiger partial charge in [0.2, 0.25) is 0 Å². The molecule has 2 saturated heterocycles. The molecule has 0 N–H and O–H groups in total. The Morgan fingerprint density at radius 2 is 1.66 bits per heavy atom. The van der Waals surface area contributed by atoms with Crippen molar-refractivity contribution in [2.24, 2.45) is 0 Å². The van der Waals surface area contributed by atoms with Gasteiger partial charge in [-0.05, 0) is 41.5 Å². The normalized spacial score (nSPS) is 22.3. The molecule has 3 aromatic rings. The highest BCUT2D eigenvalue weighted by Crippen LogP contribution is 2.47. The van der Waals surface area contributed by atoms with Crippen molar-refractivity contribution >= 4 is 40.8 Å². The predicted octanol–water partition coefficient (Wildman–Crippen LogP) is 5.30. The Kier molecular flexibility index (Phi) is 6.02. The third-order valence-electron chi connectivity index (χ3n) is 6.93. The highest BCUT2D eigenvalue weighted by Gasteiger charge is 2.64. The zero-order chi connectivity index (χ0) is 24.7. The summed E-state index contributed by atoms with van der Waals surface area (Å²) in [6.07, 6.45) is 0. The fourth-order valence-corrected chi connectivity index (χ4v) is 5.77. The fraction of sp³-hybridized carbons (Fsp3) is 0.222. The first-order valence-electron chi connectivity index (χ1n) is 11.2. The number of nitrogens with zero attached hydrogens (tertiary/aromatic N) is 4. The summed E-state index contributed by atoms with van der Waals surface area (Å²) in [7, 11) is 1.68. The lowest BCUT2D eigenvalue weighted by atomic mass is 9.80. The molecule has 0 radical (unpaired) electrons. The first kappa shape index (κ1) is 23.4. The van der Waals surface area contributed by atoms with Gasteiger partial charge >= 0.3 is 6.03 Å². The lowest BCUT2D eigenvalue weighted by Gasteiger charge is -2.34. The van der Waals surface area contributed by atoms with Gasteiger partial charge in [0, 0.05) is 42.6 Å². The molecule has 0 aromatic heterocycles. The van der Waals surface area contributed by atoms with Crippen LogP contribution < -0.4 is 4.90 Å². The third-order valence-corrected chi connectivity index (χ3v) is 7.37. The molecular weight excluding hydrogens is 483 g/mol. The van der Waals surface area contributed by atoms with E-state index in [0.717, 1.165) is 11.1 Å². The lowest BCUT2D eigenvalue weighted by Crippen LogP contribution is -2.53. The number of hydrogen-bond donors (Lipinski definition) is 0. The molecule has 35 heavy (non-hydrogen) atoms. The molecule has 8 heteroatoms. The van der Waals surface area contributed by atoms with Crippen molar-refractivity contribution in [3.05, 3.63) is 99.5 Å². The maximum atomic E-state index is 14.2. The zero-order valence-electron chi connectivity index (χ0n) is 19.0. The Balaban J connectivity index is 1.58. The molecule has 1 spiro atoms. The summed E-state index contributed by atoms with van der Waals surface area (Å²) in [5.74, 6) is -0.603. The van der Waals surface area contributed by atoms with E-state index in [4.69, 9.17) is 23.2 Å². The molecule has 3 aromatic carbocycles. The number of carbonyl (C=O) groups excluding carboxylic acids is 2. The molecule has 5 rings (SSSR count). The predicted molar refractivity (Wildman–Crippen MR) is 135 cm³/mol. The number of likely N-dealkylation sites (tertiary alicyclic amines) is 1. The van der Waals surface area contributed by atoms with E-state index in [1.165, 1.54) is 4.90 Å². The van der Waals surface area contributed by atoms with Crippen molar-refractivity contribution in [3.63, 3.8) is 0 Å². The number of urea groups is 1. The van der Waals surface area contributed by atoms with Crippen LogP contribution in [0.1, 0.15) is 22.6 Å². The van der Waals surface area contributed by atoms with E-state index in [1.807, 2.05) is 42.5 Å². The van der Waals surface area contributed by atoms with Gasteiger partial charge < -0.3 is 4.90 Å². The van der Waals surface area contributed by atoms with E-state index >= 15 is 0 Å². The molecule has 0 bridgehead atoms. The molecular formula is C27H22Cl2N4O2. The number of benzene rings is 3. The smallest absolute Gasteiger partial charge is 0.310 e. The first-order valence-corrected chi connectivity index (χ1v) is 11.9. The minimum atomic E-state index is -1.12. The number of rotatable bonds is 4. The Hall–Kier alpha value is -3.37. The molecule has 0 aliphatic carbocycles. The van der Waals surface area contributed by atoms with Crippen LogP contribution in [0.5, 0.6) is 0 Å². The average Bonchev–Trinajstić information content (AvgIpc) is 3.31. The van der Waals surface area contributed by atoms with E-state index < -0.39 is 11.6 Å². The van der Waals surface area contributed by atoms with Crippen molar-refractivity contribution < 1.29 is 9.59 Å². The molecule has 2 aliphatic heterocycles. The standard InChI is InChI=1S/C27H22Cl2N4O2/c1-31-26(35)33(23-12-21(28)11-22(29)13-23)25(34)27(31)17-32(15-19-5-3-2-4-6-19)16-24(27)20-9-7-18(14-30)8-10-20/h2-13,24H,15-17H2,1H3/t24-,27-/m1/s1. The number of amides is 3. The van der Waals surface area contributed by atoms with E-state index in [9.17, 15) is 14.9 Å². The summed E-state index contributed by atoms with van der Waals surface area (Å²) in [5.41, 5.74) is 1.80. The van der Waals surface area contributed by atoms with Gasteiger partial charge in [-0.2, -0.15) is 5.26 Å². The van der Waals surface area contributed by atoms with Gasteiger partial charge in [0.15, 0.2) is 0 Å². The Labute approximate surface area is 213 Å². The van der Waals surface area contributed by atoms with E-state index in [-0.39, 0.29) is 11.8 Å². The van der Waals surface area contributed by atoms with Crippen LogP contribution in [0.2, 0.25) is 10.0 Å². The first-order chi connectivity index (χ1) is 16.8.